The number of amides is 1. The minimum atomic E-state index is -0.528. The van der Waals surface area contributed by atoms with Crippen LogP contribution in [0.25, 0.3) is 0 Å². The molecule has 2 rings (SSSR count). The van der Waals surface area contributed by atoms with Gasteiger partial charge in [-0.3, -0.25) is 4.79 Å². The summed E-state index contributed by atoms with van der Waals surface area (Å²) >= 11 is 0. The predicted molar refractivity (Wildman–Crippen MR) is 82.7 cm³/mol. The fourth-order valence-corrected chi connectivity index (χ4v) is 2.85. The molecule has 21 heavy (non-hydrogen) atoms. The van der Waals surface area contributed by atoms with E-state index in [1.54, 1.807) is 6.07 Å². The highest BCUT2D eigenvalue weighted by Gasteiger charge is 2.28. The van der Waals surface area contributed by atoms with Crippen LogP contribution < -0.4 is 5.73 Å². The summed E-state index contributed by atoms with van der Waals surface area (Å²) < 4.78 is 13.6. The number of rotatable bonds is 5. The smallest absolute Gasteiger partial charge is 0.256 e. The molecule has 1 aliphatic carbocycles. The van der Waals surface area contributed by atoms with Gasteiger partial charge in [-0.15, -0.1) is 0 Å². The lowest BCUT2D eigenvalue weighted by Crippen LogP contribution is -2.43. The summed E-state index contributed by atoms with van der Waals surface area (Å²) in [5.41, 5.74) is 5.98. The Morgan fingerprint density at radius 1 is 1.29 bits per heavy atom. The van der Waals surface area contributed by atoms with Crippen molar-refractivity contribution in [2.45, 2.75) is 31.7 Å². The van der Waals surface area contributed by atoms with Gasteiger partial charge in [0.1, 0.15) is 5.82 Å². The molecule has 0 aliphatic heterocycles. The second kappa shape index (κ2) is 6.89. The maximum absolute atomic E-state index is 13.6. The number of likely N-dealkylation sites (N-methyl/N-ethyl adjacent to an activating group) is 1. The molecule has 1 aromatic rings. The van der Waals surface area contributed by atoms with E-state index < -0.39 is 5.82 Å². The predicted octanol–water partition coefficient (Wildman–Crippen LogP) is 2.35. The first-order chi connectivity index (χ1) is 10.0. The molecule has 2 N–H and O–H groups in total. The van der Waals surface area contributed by atoms with Crippen LogP contribution in [-0.2, 0) is 0 Å². The molecule has 0 heterocycles. The number of carbonyl (C=O) groups is 1. The molecular weight excluding hydrogens is 269 g/mol. The van der Waals surface area contributed by atoms with Crippen LogP contribution >= 0.6 is 0 Å². The van der Waals surface area contributed by atoms with Gasteiger partial charge in [-0.1, -0.05) is 18.9 Å². The van der Waals surface area contributed by atoms with Gasteiger partial charge in [0.05, 0.1) is 11.3 Å². The Morgan fingerprint density at radius 2 is 1.95 bits per heavy atom. The molecule has 1 aliphatic rings. The number of nitrogens with zero attached hydrogens (tertiary/aromatic N) is 2. The SMILES string of the molecule is CN(C)CCN(C(=O)c1cccc(F)c1N)C1CCCC1. The van der Waals surface area contributed by atoms with Crippen LogP contribution in [0.15, 0.2) is 18.2 Å². The summed E-state index contributed by atoms with van der Waals surface area (Å²) in [5, 5.41) is 0. The summed E-state index contributed by atoms with van der Waals surface area (Å²) in [6, 6.07) is 4.68. The maximum atomic E-state index is 13.6. The zero-order valence-corrected chi connectivity index (χ0v) is 12.8. The number of benzene rings is 1. The minimum absolute atomic E-state index is 0.0460. The van der Waals surface area contributed by atoms with Crippen LogP contribution in [0.4, 0.5) is 10.1 Å². The Kier molecular flexibility index (Phi) is 5.17. The highest BCUT2D eigenvalue weighted by Crippen LogP contribution is 2.26. The molecule has 0 aromatic heterocycles. The van der Waals surface area contributed by atoms with Gasteiger partial charge in [0.15, 0.2) is 0 Å². The van der Waals surface area contributed by atoms with E-state index in [1.807, 2.05) is 23.9 Å². The third kappa shape index (κ3) is 3.73. The first-order valence-electron chi connectivity index (χ1n) is 7.50. The van der Waals surface area contributed by atoms with E-state index in [0.717, 1.165) is 32.2 Å². The molecule has 0 spiro atoms. The van der Waals surface area contributed by atoms with Crippen molar-refractivity contribution in [3.05, 3.63) is 29.6 Å². The Balaban J connectivity index is 2.22. The number of hydrogen-bond donors (Lipinski definition) is 1. The molecular formula is C16H24FN3O. The summed E-state index contributed by atoms with van der Waals surface area (Å²) in [6.45, 7) is 1.43. The average Bonchev–Trinajstić information content (AvgIpc) is 2.95. The number of anilines is 1. The van der Waals surface area contributed by atoms with E-state index in [1.165, 1.54) is 12.1 Å². The van der Waals surface area contributed by atoms with Gasteiger partial charge < -0.3 is 15.5 Å². The van der Waals surface area contributed by atoms with Crippen LogP contribution in [0.3, 0.4) is 0 Å². The number of hydrogen-bond acceptors (Lipinski definition) is 3. The van der Waals surface area contributed by atoms with Gasteiger partial charge in [0.2, 0.25) is 0 Å². The molecule has 1 aromatic carbocycles. The fourth-order valence-electron chi connectivity index (χ4n) is 2.85. The quantitative estimate of drug-likeness (QED) is 0.848. The van der Waals surface area contributed by atoms with E-state index >= 15 is 0 Å². The van der Waals surface area contributed by atoms with Gasteiger partial charge in [-0.2, -0.15) is 0 Å². The monoisotopic (exact) mass is 293 g/mol. The molecule has 5 heteroatoms. The van der Waals surface area contributed by atoms with Crippen molar-refractivity contribution in [1.29, 1.82) is 0 Å². The molecule has 1 amide bonds. The molecule has 116 valence electrons. The number of carbonyl (C=O) groups excluding carboxylic acids is 1. The summed E-state index contributed by atoms with van der Waals surface area (Å²) in [5.74, 6) is -0.680. The molecule has 4 nitrogen and oxygen atoms in total. The number of para-hydroxylation sites is 1. The Hall–Kier alpha value is -1.62. The number of nitrogens with two attached hydrogens (primary N) is 1. The number of nitrogen functional groups attached to an aromatic ring is 1. The van der Waals surface area contributed by atoms with Gasteiger partial charge in [-0.05, 0) is 39.1 Å². The maximum Gasteiger partial charge on any atom is 0.256 e. The first kappa shape index (κ1) is 15.8. The molecule has 0 bridgehead atoms. The standard InChI is InChI=1S/C16H24FN3O/c1-19(2)10-11-20(12-6-3-4-7-12)16(21)13-8-5-9-14(17)15(13)18/h5,8-9,12H,3-4,6-7,10-11,18H2,1-2H3. The fraction of sp³-hybridized carbons (Fsp3) is 0.562. The van der Waals surface area contributed by atoms with Crippen LogP contribution in [0.1, 0.15) is 36.0 Å². The van der Waals surface area contributed by atoms with E-state index in [-0.39, 0.29) is 23.2 Å². The topological polar surface area (TPSA) is 49.6 Å². The zero-order valence-electron chi connectivity index (χ0n) is 12.8. The lowest BCUT2D eigenvalue weighted by atomic mass is 10.1. The van der Waals surface area contributed by atoms with E-state index in [4.69, 9.17) is 5.73 Å². The number of halogens is 1. The Morgan fingerprint density at radius 3 is 2.57 bits per heavy atom. The molecule has 1 saturated carbocycles. The molecule has 0 unspecified atom stereocenters. The molecule has 1 fully saturated rings. The van der Waals surface area contributed by atoms with E-state index in [0.29, 0.717) is 6.54 Å². The van der Waals surface area contributed by atoms with E-state index in [9.17, 15) is 9.18 Å². The zero-order chi connectivity index (χ0) is 15.4. The van der Waals surface area contributed by atoms with Crippen molar-refractivity contribution in [2.24, 2.45) is 0 Å². The summed E-state index contributed by atoms with van der Waals surface area (Å²) in [6.07, 6.45) is 4.34. The normalized spacial score (nSPS) is 15.6. The van der Waals surface area contributed by atoms with E-state index in [2.05, 4.69) is 0 Å². The first-order valence-corrected chi connectivity index (χ1v) is 7.50. The van der Waals surface area contributed by atoms with Crippen LogP contribution in [0.2, 0.25) is 0 Å². The van der Waals surface area contributed by atoms with Crippen molar-refractivity contribution < 1.29 is 9.18 Å². The van der Waals surface area contributed by atoms with Crippen molar-refractivity contribution in [3.63, 3.8) is 0 Å². The summed E-state index contributed by atoms with van der Waals surface area (Å²) in [4.78, 5) is 16.7. The Bertz CT molecular complexity index is 498. The lowest BCUT2D eigenvalue weighted by Gasteiger charge is -2.30. The van der Waals surface area contributed by atoms with Crippen molar-refractivity contribution >= 4 is 11.6 Å². The largest absolute Gasteiger partial charge is 0.396 e. The lowest BCUT2D eigenvalue weighted by molar-refractivity contribution is 0.0668. The highest BCUT2D eigenvalue weighted by molar-refractivity contribution is 5.99. The Labute approximate surface area is 125 Å². The van der Waals surface area contributed by atoms with Gasteiger partial charge in [-0.25, -0.2) is 4.39 Å². The van der Waals surface area contributed by atoms with Gasteiger partial charge in [0, 0.05) is 19.1 Å². The third-order valence-electron chi connectivity index (χ3n) is 4.10. The van der Waals surface area contributed by atoms with Crippen LogP contribution in [-0.4, -0.2) is 48.9 Å². The molecule has 0 atom stereocenters. The van der Waals surface area contributed by atoms with Crippen molar-refractivity contribution in [3.8, 4) is 0 Å². The van der Waals surface area contributed by atoms with Crippen molar-refractivity contribution in [2.75, 3.05) is 32.9 Å². The van der Waals surface area contributed by atoms with Crippen LogP contribution in [0, 0.1) is 5.82 Å². The second-order valence-electron chi connectivity index (χ2n) is 5.94. The summed E-state index contributed by atoms with van der Waals surface area (Å²) in [7, 11) is 3.96. The highest BCUT2D eigenvalue weighted by atomic mass is 19.1. The van der Waals surface area contributed by atoms with Gasteiger partial charge >= 0.3 is 0 Å². The van der Waals surface area contributed by atoms with Crippen molar-refractivity contribution in [1.82, 2.24) is 9.80 Å². The molecule has 0 radical (unpaired) electrons. The molecule has 0 saturated heterocycles. The third-order valence-corrected chi connectivity index (χ3v) is 4.10. The van der Waals surface area contributed by atoms with Crippen LogP contribution in [0.5, 0.6) is 0 Å². The van der Waals surface area contributed by atoms with Gasteiger partial charge in [0.25, 0.3) is 5.91 Å². The second-order valence-corrected chi connectivity index (χ2v) is 5.94. The minimum Gasteiger partial charge on any atom is -0.396 e. The average molecular weight is 293 g/mol.